The van der Waals surface area contributed by atoms with Gasteiger partial charge in [0.1, 0.15) is 6.61 Å². The third kappa shape index (κ3) is 1.79. The smallest absolute Gasteiger partial charge is 0.199 e. The van der Waals surface area contributed by atoms with Crippen LogP contribution in [0, 0.1) is 4.77 Å². The average Bonchev–Trinajstić information content (AvgIpc) is 2.79. The van der Waals surface area contributed by atoms with Crippen molar-refractivity contribution in [1.82, 2.24) is 14.8 Å². The van der Waals surface area contributed by atoms with E-state index in [1.165, 1.54) is 24.0 Å². The predicted octanol–water partition coefficient (Wildman–Crippen LogP) is 2.30. The quantitative estimate of drug-likeness (QED) is 0.816. The second kappa shape index (κ2) is 4.66. The molecule has 1 heterocycles. The van der Waals surface area contributed by atoms with Crippen LogP contribution in [0.4, 0.5) is 0 Å². The highest BCUT2D eigenvalue weighted by Gasteiger charge is 2.16. The minimum Gasteiger partial charge on any atom is -0.388 e. The molecule has 1 aliphatic carbocycles. The highest BCUT2D eigenvalue weighted by Crippen LogP contribution is 2.27. The molecule has 1 aromatic heterocycles. The summed E-state index contributed by atoms with van der Waals surface area (Å²) in [5.41, 5.74) is 3.80. The largest absolute Gasteiger partial charge is 0.388 e. The molecule has 0 saturated heterocycles. The predicted molar refractivity (Wildman–Crippen MR) is 71.3 cm³/mol. The number of aliphatic hydroxyl groups is 1. The molecule has 1 aliphatic rings. The van der Waals surface area contributed by atoms with Crippen molar-refractivity contribution in [2.24, 2.45) is 0 Å². The standard InChI is InChI=1S/C13H15N3OS/c17-8-12-14-15-13(18)16(12)11-7-3-5-9-4-1-2-6-10(9)11/h3,5,7,17H,1-2,4,6,8H2,(H,15,18). The van der Waals surface area contributed by atoms with Gasteiger partial charge in [-0.15, -0.1) is 0 Å². The van der Waals surface area contributed by atoms with E-state index in [9.17, 15) is 5.11 Å². The Labute approximate surface area is 110 Å². The number of aliphatic hydroxyl groups excluding tert-OH is 1. The molecule has 0 unspecified atom stereocenters. The van der Waals surface area contributed by atoms with E-state index in [2.05, 4.69) is 28.4 Å². The number of fused-ring (bicyclic) bond motifs is 1. The van der Waals surface area contributed by atoms with Crippen LogP contribution < -0.4 is 0 Å². The van der Waals surface area contributed by atoms with E-state index in [1.54, 1.807) is 0 Å². The molecule has 3 rings (SSSR count). The fraction of sp³-hybridized carbons (Fsp3) is 0.385. The molecule has 0 fully saturated rings. The molecular formula is C13H15N3OS. The Balaban J connectivity index is 2.23. The zero-order chi connectivity index (χ0) is 12.5. The summed E-state index contributed by atoms with van der Waals surface area (Å²) in [6, 6.07) is 6.28. The molecule has 2 aromatic rings. The van der Waals surface area contributed by atoms with Gasteiger partial charge >= 0.3 is 0 Å². The van der Waals surface area contributed by atoms with Gasteiger partial charge in [0.25, 0.3) is 0 Å². The van der Waals surface area contributed by atoms with E-state index in [0.717, 1.165) is 18.5 Å². The molecule has 0 atom stereocenters. The van der Waals surface area contributed by atoms with E-state index in [4.69, 9.17) is 12.2 Å². The summed E-state index contributed by atoms with van der Waals surface area (Å²) in [7, 11) is 0. The van der Waals surface area contributed by atoms with Gasteiger partial charge in [-0.2, -0.15) is 5.10 Å². The molecule has 0 radical (unpaired) electrons. The average molecular weight is 261 g/mol. The Kier molecular flexibility index (Phi) is 3.01. The Morgan fingerprint density at radius 2 is 2.17 bits per heavy atom. The third-order valence-corrected chi connectivity index (χ3v) is 3.77. The van der Waals surface area contributed by atoms with Crippen molar-refractivity contribution >= 4 is 12.2 Å². The van der Waals surface area contributed by atoms with Gasteiger partial charge in [0.15, 0.2) is 10.6 Å². The number of rotatable bonds is 2. The number of H-pyrrole nitrogens is 1. The van der Waals surface area contributed by atoms with Crippen LogP contribution in [-0.4, -0.2) is 19.9 Å². The second-order valence-corrected chi connectivity index (χ2v) is 4.95. The van der Waals surface area contributed by atoms with E-state index < -0.39 is 0 Å². The van der Waals surface area contributed by atoms with Gasteiger partial charge in [-0.1, -0.05) is 12.1 Å². The van der Waals surface area contributed by atoms with Gasteiger partial charge in [-0.3, -0.25) is 9.67 Å². The lowest BCUT2D eigenvalue weighted by Crippen LogP contribution is -2.10. The number of hydrogen-bond donors (Lipinski definition) is 2. The fourth-order valence-corrected chi connectivity index (χ4v) is 2.90. The van der Waals surface area contributed by atoms with Crippen LogP contribution in [0.3, 0.4) is 0 Å². The van der Waals surface area contributed by atoms with Gasteiger partial charge < -0.3 is 5.11 Å². The number of hydrogen-bond acceptors (Lipinski definition) is 3. The summed E-state index contributed by atoms with van der Waals surface area (Å²) < 4.78 is 2.39. The Hall–Kier alpha value is -1.46. The van der Waals surface area contributed by atoms with Crippen molar-refractivity contribution in [3.8, 4) is 5.69 Å². The number of nitrogens with zero attached hydrogens (tertiary/aromatic N) is 2. The first-order valence-corrected chi connectivity index (χ1v) is 6.60. The van der Waals surface area contributed by atoms with Crippen molar-refractivity contribution in [2.75, 3.05) is 0 Å². The molecule has 94 valence electrons. The van der Waals surface area contributed by atoms with Crippen molar-refractivity contribution in [1.29, 1.82) is 0 Å². The molecule has 0 saturated carbocycles. The normalized spacial score (nSPS) is 14.5. The summed E-state index contributed by atoms with van der Waals surface area (Å²) in [4.78, 5) is 0. The van der Waals surface area contributed by atoms with Crippen LogP contribution in [0.25, 0.3) is 5.69 Å². The Morgan fingerprint density at radius 1 is 1.33 bits per heavy atom. The number of nitrogens with one attached hydrogen (secondary N) is 1. The first-order valence-electron chi connectivity index (χ1n) is 6.19. The lowest BCUT2D eigenvalue weighted by atomic mass is 9.90. The van der Waals surface area contributed by atoms with Crippen molar-refractivity contribution in [3.05, 3.63) is 39.9 Å². The summed E-state index contributed by atoms with van der Waals surface area (Å²) in [6.07, 6.45) is 4.66. The van der Waals surface area contributed by atoms with Crippen molar-refractivity contribution < 1.29 is 5.11 Å². The van der Waals surface area contributed by atoms with Crippen LogP contribution >= 0.6 is 12.2 Å². The maximum atomic E-state index is 9.35. The molecule has 0 amide bonds. The Morgan fingerprint density at radius 3 is 3.00 bits per heavy atom. The fourth-order valence-electron chi connectivity index (χ4n) is 2.65. The summed E-state index contributed by atoms with van der Waals surface area (Å²) in [5.74, 6) is 0.568. The molecule has 5 heteroatoms. The maximum Gasteiger partial charge on any atom is 0.199 e. The lowest BCUT2D eigenvalue weighted by Gasteiger charge is -2.20. The van der Waals surface area contributed by atoms with Crippen LogP contribution in [0.15, 0.2) is 18.2 Å². The molecule has 0 bridgehead atoms. The van der Waals surface area contributed by atoms with Gasteiger partial charge in [-0.05, 0) is 55.1 Å². The molecular weight excluding hydrogens is 246 g/mol. The van der Waals surface area contributed by atoms with Crippen LogP contribution in [0.1, 0.15) is 29.8 Å². The first kappa shape index (κ1) is 11.6. The van der Waals surface area contributed by atoms with E-state index in [0.29, 0.717) is 10.6 Å². The van der Waals surface area contributed by atoms with E-state index in [1.807, 2.05) is 4.57 Å². The first-order chi connectivity index (χ1) is 8.81. The molecule has 0 aliphatic heterocycles. The Bertz CT molecular complexity index is 629. The van der Waals surface area contributed by atoms with Crippen molar-refractivity contribution in [2.45, 2.75) is 32.3 Å². The SMILES string of the molecule is OCc1n[nH]c(=S)n1-c1cccc2c1CCCC2. The van der Waals surface area contributed by atoms with Crippen LogP contribution in [-0.2, 0) is 19.4 Å². The number of aromatic nitrogens is 3. The molecule has 2 N–H and O–H groups in total. The monoisotopic (exact) mass is 261 g/mol. The van der Waals surface area contributed by atoms with E-state index >= 15 is 0 Å². The minimum atomic E-state index is -0.114. The summed E-state index contributed by atoms with van der Waals surface area (Å²) >= 11 is 5.26. The minimum absolute atomic E-state index is 0.114. The van der Waals surface area contributed by atoms with Gasteiger partial charge in [0.05, 0.1) is 5.69 Å². The topological polar surface area (TPSA) is 53.8 Å². The number of aromatic amines is 1. The molecule has 18 heavy (non-hydrogen) atoms. The summed E-state index contributed by atoms with van der Waals surface area (Å²) in [5, 5.41) is 16.2. The van der Waals surface area contributed by atoms with Crippen molar-refractivity contribution in [3.63, 3.8) is 0 Å². The zero-order valence-electron chi connectivity index (χ0n) is 10.0. The highest BCUT2D eigenvalue weighted by atomic mass is 32.1. The lowest BCUT2D eigenvalue weighted by molar-refractivity contribution is 0.268. The second-order valence-electron chi connectivity index (χ2n) is 4.56. The third-order valence-electron chi connectivity index (χ3n) is 3.50. The van der Waals surface area contributed by atoms with Crippen LogP contribution in [0.5, 0.6) is 0 Å². The zero-order valence-corrected chi connectivity index (χ0v) is 10.8. The van der Waals surface area contributed by atoms with Gasteiger partial charge in [0, 0.05) is 0 Å². The van der Waals surface area contributed by atoms with Gasteiger partial charge in [-0.25, -0.2) is 0 Å². The molecule has 4 nitrogen and oxygen atoms in total. The number of benzene rings is 1. The molecule has 1 aromatic carbocycles. The maximum absolute atomic E-state index is 9.35. The molecule has 0 spiro atoms. The van der Waals surface area contributed by atoms with Gasteiger partial charge in [0.2, 0.25) is 0 Å². The van der Waals surface area contributed by atoms with Crippen LogP contribution in [0.2, 0.25) is 0 Å². The highest BCUT2D eigenvalue weighted by molar-refractivity contribution is 7.71. The summed E-state index contributed by atoms with van der Waals surface area (Å²) in [6.45, 7) is -0.114. The number of aryl methyl sites for hydroxylation is 1. The van der Waals surface area contributed by atoms with E-state index in [-0.39, 0.29) is 6.61 Å².